The minimum Gasteiger partial charge on any atom is -0.337 e. The van der Waals surface area contributed by atoms with Crippen LogP contribution in [0.5, 0.6) is 0 Å². The van der Waals surface area contributed by atoms with Gasteiger partial charge in [-0.3, -0.25) is 10.1 Å². The molecule has 0 atom stereocenters. The molecule has 178 valence electrons. The van der Waals surface area contributed by atoms with Crippen molar-refractivity contribution >= 4 is 21.9 Å². The van der Waals surface area contributed by atoms with Gasteiger partial charge in [-0.25, -0.2) is 13.8 Å². The second-order valence-electron chi connectivity index (χ2n) is 8.58. The first-order valence-electron chi connectivity index (χ1n) is 11.7. The molecule has 0 aliphatic rings. The fraction of sp³-hybridized carbons (Fsp3) is 0.107. The van der Waals surface area contributed by atoms with Crippen molar-refractivity contribution in [1.29, 1.82) is 0 Å². The third-order valence-electron chi connectivity index (χ3n) is 6.23. The molecule has 8 heteroatoms. The van der Waals surface area contributed by atoms with E-state index in [1.165, 1.54) is 12.1 Å². The van der Waals surface area contributed by atoms with Gasteiger partial charge in [0, 0.05) is 41.0 Å². The molecule has 0 radical (unpaired) electrons. The summed E-state index contributed by atoms with van der Waals surface area (Å²) >= 11 is 0. The molecule has 3 aromatic carbocycles. The molecule has 3 N–H and O–H groups in total. The minimum atomic E-state index is -0.415. The highest BCUT2D eigenvalue weighted by Crippen LogP contribution is 2.34. The number of fused-ring (bicyclic) bond motifs is 2. The van der Waals surface area contributed by atoms with E-state index in [0.717, 1.165) is 23.2 Å². The lowest BCUT2D eigenvalue weighted by Gasteiger charge is -2.07. The first-order chi connectivity index (χ1) is 17.6. The van der Waals surface area contributed by atoms with Crippen LogP contribution in [0.2, 0.25) is 0 Å². The van der Waals surface area contributed by atoms with E-state index < -0.39 is 5.82 Å². The third-order valence-corrected chi connectivity index (χ3v) is 6.23. The Morgan fingerprint density at radius 2 is 1.75 bits per heavy atom. The Kier molecular flexibility index (Phi) is 5.50. The van der Waals surface area contributed by atoms with Crippen molar-refractivity contribution in [2.75, 3.05) is 6.54 Å². The maximum absolute atomic E-state index is 15.1. The molecule has 36 heavy (non-hydrogen) atoms. The number of imidazole rings is 1. The molecule has 0 spiro atoms. The van der Waals surface area contributed by atoms with Crippen molar-refractivity contribution in [3.8, 4) is 33.8 Å². The SMILES string of the molecule is CCNCc1cncc(-c2cc(F)c3[nH]nc(-c4nc5c(-c6ccccc6F)cccc5[nH]4)c3c2)c1. The van der Waals surface area contributed by atoms with Gasteiger partial charge in [0.1, 0.15) is 22.8 Å². The van der Waals surface area contributed by atoms with Gasteiger partial charge in [-0.15, -0.1) is 0 Å². The Balaban J connectivity index is 1.48. The molecule has 0 amide bonds. The number of hydrogen-bond donors (Lipinski definition) is 3. The van der Waals surface area contributed by atoms with Crippen LogP contribution in [0.3, 0.4) is 0 Å². The average Bonchev–Trinajstić information content (AvgIpc) is 3.52. The molecular formula is C28H22F2N6. The van der Waals surface area contributed by atoms with Crippen molar-refractivity contribution in [3.05, 3.63) is 90.3 Å². The Hall–Kier alpha value is -4.43. The predicted molar refractivity (Wildman–Crippen MR) is 137 cm³/mol. The maximum atomic E-state index is 15.1. The quantitative estimate of drug-likeness (QED) is 0.264. The lowest BCUT2D eigenvalue weighted by atomic mass is 10.0. The van der Waals surface area contributed by atoms with Crippen molar-refractivity contribution in [2.45, 2.75) is 13.5 Å². The topological polar surface area (TPSA) is 82.3 Å². The number of aromatic amines is 2. The van der Waals surface area contributed by atoms with Gasteiger partial charge in [-0.1, -0.05) is 37.3 Å². The number of hydrogen-bond acceptors (Lipinski definition) is 4. The van der Waals surface area contributed by atoms with E-state index in [2.05, 4.69) is 25.5 Å². The van der Waals surface area contributed by atoms with Crippen LogP contribution in [-0.2, 0) is 6.54 Å². The van der Waals surface area contributed by atoms with Crippen molar-refractivity contribution in [1.82, 2.24) is 30.5 Å². The molecule has 0 aliphatic carbocycles. The smallest absolute Gasteiger partial charge is 0.159 e. The largest absolute Gasteiger partial charge is 0.337 e. The number of benzene rings is 3. The summed E-state index contributed by atoms with van der Waals surface area (Å²) in [6.45, 7) is 3.57. The molecule has 0 saturated carbocycles. The summed E-state index contributed by atoms with van der Waals surface area (Å²) in [7, 11) is 0. The van der Waals surface area contributed by atoms with Gasteiger partial charge in [0.25, 0.3) is 0 Å². The predicted octanol–water partition coefficient (Wildman–Crippen LogP) is 6.22. The van der Waals surface area contributed by atoms with Crippen LogP contribution < -0.4 is 5.32 Å². The van der Waals surface area contributed by atoms with Gasteiger partial charge >= 0.3 is 0 Å². The monoisotopic (exact) mass is 480 g/mol. The van der Waals surface area contributed by atoms with Crippen LogP contribution in [0.1, 0.15) is 12.5 Å². The van der Waals surface area contributed by atoms with Crippen LogP contribution in [0.15, 0.2) is 73.1 Å². The zero-order chi connectivity index (χ0) is 24.6. The summed E-state index contributed by atoms with van der Waals surface area (Å²) in [5.41, 5.74) is 5.78. The zero-order valence-corrected chi connectivity index (χ0v) is 19.4. The number of halogens is 2. The number of nitrogens with zero attached hydrogens (tertiary/aromatic N) is 3. The summed E-state index contributed by atoms with van der Waals surface area (Å²) in [5, 5.41) is 11.0. The highest BCUT2D eigenvalue weighted by molar-refractivity contribution is 5.98. The van der Waals surface area contributed by atoms with Gasteiger partial charge in [-0.05, 0) is 48.0 Å². The number of H-pyrrole nitrogens is 2. The van der Waals surface area contributed by atoms with Crippen molar-refractivity contribution in [3.63, 3.8) is 0 Å². The van der Waals surface area contributed by atoms with E-state index in [1.54, 1.807) is 30.6 Å². The number of nitrogens with one attached hydrogen (secondary N) is 3. The van der Waals surface area contributed by atoms with Crippen LogP contribution in [0, 0.1) is 11.6 Å². The van der Waals surface area contributed by atoms with Crippen molar-refractivity contribution in [2.24, 2.45) is 0 Å². The zero-order valence-electron chi connectivity index (χ0n) is 19.4. The first kappa shape index (κ1) is 22.1. The summed E-state index contributed by atoms with van der Waals surface area (Å²) in [5.74, 6) is -0.270. The fourth-order valence-electron chi connectivity index (χ4n) is 4.48. The number of pyridine rings is 1. The Morgan fingerprint density at radius 3 is 2.61 bits per heavy atom. The third kappa shape index (κ3) is 3.81. The van der Waals surface area contributed by atoms with E-state index in [-0.39, 0.29) is 5.82 Å². The molecule has 6 rings (SSSR count). The fourth-order valence-corrected chi connectivity index (χ4v) is 4.48. The average molecular weight is 481 g/mol. The van der Waals surface area contributed by atoms with Crippen LogP contribution in [0.25, 0.3) is 55.7 Å². The normalized spacial score (nSPS) is 11.5. The highest BCUT2D eigenvalue weighted by Gasteiger charge is 2.19. The van der Waals surface area contributed by atoms with E-state index >= 15 is 4.39 Å². The van der Waals surface area contributed by atoms with Crippen LogP contribution in [0.4, 0.5) is 8.78 Å². The van der Waals surface area contributed by atoms with Crippen LogP contribution in [-0.4, -0.2) is 31.7 Å². The van der Waals surface area contributed by atoms with Gasteiger partial charge in [0.05, 0.1) is 11.0 Å². The Labute approximate surface area is 205 Å². The molecule has 6 aromatic rings. The molecule has 3 heterocycles. The second kappa shape index (κ2) is 8.98. The molecular weight excluding hydrogens is 458 g/mol. The number of aromatic nitrogens is 5. The summed E-state index contributed by atoms with van der Waals surface area (Å²) in [6.07, 6.45) is 3.52. The highest BCUT2D eigenvalue weighted by atomic mass is 19.1. The lowest BCUT2D eigenvalue weighted by molar-refractivity contribution is 0.631. The van der Waals surface area contributed by atoms with Gasteiger partial charge in [0.15, 0.2) is 5.82 Å². The van der Waals surface area contributed by atoms with E-state index in [4.69, 9.17) is 4.98 Å². The number of para-hydroxylation sites is 1. The molecule has 0 unspecified atom stereocenters. The van der Waals surface area contributed by atoms with Crippen molar-refractivity contribution < 1.29 is 8.78 Å². The Morgan fingerprint density at radius 1 is 0.889 bits per heavy atom. The lowest BCUT2D eigenvalue weighted by Crippen LogP contribution is -2.11. The molecule has 6 nitrogen and oxygen atoms in total. The molecule has 0 fully saturated rings. The maximum Gasteiger partial charge on any atom is 0.159 e. The number of rotatable bonds is 6. The van der Waals surface area contributed by atoms with Crippen LogP contribution >= 0.6 is 0 Å². The first-order valence-corrected chi connectivity index (χ1v) is 11.7. The summed E-state index contributed by atoms with van der Waals surface area (Å²) in [6, 6.07) is 17.5. The van der Waals surface area contributed by atoms with Gasteiger partial charge < -0.3 is 10.3 Å². The van der Waals surface area contributed by atoms with E-state index in [0.29, 0.717) is 51.2 Å². The van der Waals surface area contributed by atoms with Gasteiger partial charge in [0.2, 0.25) is 0 Å². The second-order valence-corrected chi connectivity index (χ2v) is 8.58. The summed E-state index contributed by atoms with van der Waals surface area (Å²) in [4.78, 5) is 12.4. The van der Waals surface area contributed by atoms with Gasteiger partial charge in [-0.2, -0.15) is 5.10 Å². The van der Waals surface area contributed by atoms with E-state index in [1.807, 2.05) is 37.3 Å². The molecule has 0 bridgehead atoms. The minimum absolute atomic E-state index is 0.292. The molecule has 3 aromatic heterocycles. The molecule has 0 aliphatic heterocycles. The standard InChI is InChI=1S/C28H22F2N6/c1-2-31-13-16-10-18(15-32-14-16)17-11-21-25(23(30)12-17)35-36-27(21)28-33-24-9-5-7-20(26(24)34-28)19-6-3-4-8-22(19)29/h3-12,14-15,31H,2,13H2,1H3,(H,33,34)(H,35,36). The Bertz CT molecular complexity index is 1720. The van der Waals surface area contributed by atoms with E-state index in [9.17, 15) is 4.39 Å². The molecule has 0 saturated heterocycles. The summed E-state index contributed by atoms with van der Waals surface area (Å²) < 4.78 is 29.7.